The molecule has 2 nitrogen and oxygen atoms in total. The lowest BCUT2D eigenvalue weighted by Crippen LogP contribution is -2.34. The van der Waals surface area contributed by atoms with Crippen molar-refractivity contribution in [3.05, 3.63) is 0 Å². The molecule has 0 amide bonds. The minimum atomic E-state index is -0.364. The lowest BCUT2D eigenvalue weighted by atomic mass is 9.94. The molecule has 1 N–H and O–H groups in total. The van der Waals surface area contributed by atoms with Crippen LogP contribution in [0.15, 0.2) is 0 Å². The maximum atomic E-state index is 10.5. The first-order valence-corrected chi connectivity index (χ1v) is 6.63. The monoisotopic (exact) mass is 211 g/mol. The van der Waals surface area contributed by atoms with Crippen LogP contribution in [-0.4, -0.2) is 34.2 Å². The Labute approximate surface area is 93.7 Å². The molecule has 2 heteroatoms. The molecule has 1 aliphatic heterocycles. The first-order chi connectivity index (χ1) is 7.14. The number of hydrogen-bond acceptors (Lipinski definition) is 2. The lowest BCUT2D eigenvalue weighted by molar-refractivity contribution is 0.0372. The first-order valence-electron chi connectivity index (χ1n) is 6.63. The summed E-state index contributed by atoms with van der Waals surface area (Å²) in [5.41, 5.74) is -0.364. The molecule has 2 atom stereocenters. The van der Waals surface area contributed by atoms with Gasteiger partial charge in [-0.3, -0.25) is 4.90 Å². The molecule has 0 aromatic heterocycles. The molecule has 0 spiro atoms. The molecule has 88 valence electrons. The van der Waals surface area contributed by atoms with Gasteiger partial charge in [0, 0.05) is 18.6 Å². The van der Waals surface area contributed by atoms with Crippen molar-refractivity contribution >= 4 is 0 Å². The number of hydrogen-bond donors (Lipinski definition) is 1. The second kappa shape index (κ2) is 4.42. The van der Waals surface area contributed by atoms with E-state index < -0.39 is 0 Å². The van der Waals surface area contributed by atoms with E-state index in [1.54, 1.807) is 0 Å². The second-order valence-corrected chi connectivity index (χ2v) is 5.64. The fourth-order valence-corrected chi connectivity index (χ4v) is 3.01. The topological polar surface area (TPSA) is 23.5 Å². The van der Waals surface area contributed by atoms with Crippen LogP contribution < -0.4 is 0 Å². The Morgan fingerprint density at radius 1 is 1.33 bits per heavy atom. The Morgan fingerprint density at radius 2 is 2.07 bits per heavy atom. The van der Waals surface area contributed by atoms with Crippen LogP contribution in [0.25, 0.3) is 0 Å². The van der Waals surface area contributed by atoms with E-state index in [4.69, 9.17) is 0 Å². The van der Waals surface area contributed by atoms with E-state index in [0.717, 1.165) is 25.4 Å². The maximum Gasteiger partial charge on any atom is 0.0789 e. The van der Waals surface area contributed by atoms with Crippen LogP contribution in [0.2, 0.25) is 0 Å². The van der Waals surface area contributed by atoms with Crippen LogP contribution in [0, 0.1) is 0 Å². The molecule has 0 radical (unpaired) electrons. The molecular weight excluding hydrogens is 186 g/mol. The minimum Gasteiger partial charge on any atom is -0.388 e. The van der Waals surface area contributed by atoms with E-state index in [1.165, 1.54) is 32.1 Å². The normalized spacial score (nSPS) is 37.4. The summed E-state index contributed by atoms with van der Waals surface area (Å²) in [6.07, 6.45) is 8.42. The number of unbranched alkanes of at least 4 members (excludes halogenated alkanes) is 2. The Morgan fingerprint density at radius 3 is 2.67 bits per heavy atom. The summed E-state index contributed by atoms with van der Waals surface area (Å²) < 4.78 is 0. The number of aliphatic hydroxyl groups is 1. The summed E-state index contributed by atoms with van der Waals surface area (Å²) in [4.78, 5) is 2.53. The van der Waals surface area contributed by atoms with E-state index in [1.807, 2.05) is 0 Å². The minimum absolute atomic E-state index is 0.364. The van der Waals surface area contributed by atoms with Gasteiger partial charge >= 0.3 is 0 Å². The number of likely N-dealkylation sites (tertiary alicyclic amines) is 1. The summed E-state index contributed by atoms with van der Waals surface area (Å²) >= 11 is 0. The Balaban J connectivity index is 1.82. The standard InChI is InChI=1S/C13H25NO/c1-3-4-5-8-13(15)9-11(2)14(10-13)12-6-7-12/h11-12,15H,3-10H2,1-2H3. The van der Waals surface area contributed by atoms with E-state index in [-0.39, 0.29) is 5.60 Å². The van der Waals surface area contributed by atoms with Crippen molar-refractivity contribution < 1.29 is 5.11 Å². The van der Waals surface area contributed by atoms with E-state index in [9.17, 15) is 5.11 Å². The second-order valence-electron chi connectivity index (χ2n) is 5.64. The molecule has 2 fully saturated rings. The Bertz CT molecular complexity index is 215. The maximum absolute atomic E-state index is 10.5. The molecule has 0 aromatic rings. The summed E-state index contributed by atoms with van der Waals surface area (Å²) in [5, 5.41) is 10.5. The average molecular weight is 211 g/mol. The highest BCUT2D eigenvalue weighted by Crippen LogP contribution is 2.39. The van der Waals surface area contributed by atoms with Crippen LogP contribution in [0.4, 0.5) is 0 Å². The quantitative estimate of drug-likeness (QED) is 0.706. The highest BCUT2D eigenvalue weighted by molar-refractivity contribution is 5.00. The van der Waals surface area contributed by atoms with Gasteiger partial charge in [0.05, 0.1) is 5.60 Å². The van der Waals surface area contributed by atoms with Crippen molar-refractivity contribution in [2.24, 2.45) is 0 Å². The van der Waals surface area contributed by atoms with Crippen molar-refractivity contribution in [3.8, 4) is 0 Å². The van der Waals surface area contributed by atoms with Crippen molar-refractivity contribution in [1.82, 2.24) is 4.90 Å². The zero-order valence-corrected chi connectivity index (χ0v) is 10.2. The van der Waals surface area contributed by atoms with Gasteiger partial charge in [-0.1, -0.05) is 26.2 Å². The first kappa shape index (κ1) is 11.4. The van der Waals surface area contributed by atoms with Crippen LogP contribution in [0.3, 0.4) is 0 Å². The summed E-state index contributed by atoms with van der Waals surface area (Å²) in [6.45, 7) is 5.43. The van der Waals surface area contributed by atoms with Crippen molar-refractivity contribution in [3.63, 3.8) is 0 Å². The van der Waals surface area contributed by atoms with Gasteiger partial charge < -0.3 is 5.11 Å². The molecule has 1 saturated carbocycles. The predicted octanol–water partition coefficient (Wildman–Crippen LogP) is 2.55. The van der Waals surface area contributed by atoms with Crippen molar-refractivity contribution in [2.75, 3.05) is 6.54 Å². The van der Waals surface area contributed by atoms with Gasteiger partial charge in [-0.2, -0.15) is 0 Å². The largest absolute Gasteiger partial charge is 0.388 e. The Hall–Kier alpha value is -0.0800. The van der Waals surface area contributed by atoms with E-state index >= 15 is 0 Å². The molecule has 2 rings (SSSR count). The van der Waals surface area contributed by atoms with E-state index in [2.05, 4.69) is 18.7 Å². The number of β-amino-alcohol motifs (C(OH)–C–C–N with tert-alkyl or cyclic N) is 1. The lowest BCUT2D eigenvalue weighted by Gasteiger charge is -2.23. The molecule has 2 aliphatic rings. The van der Waals surface area contributed by atoms with Gasteiger partial charge in [-0.15, -0.1) is 0 Å². The van der Waals surface area contributed by atoms with Crippen LogP contribution in [0.5, 0.6) is 0 Å². The van der Waals surface area contributed by atoms with Gasteiger partial charge in [0.1, 0.15) is 0 Å². The highest BCUT2D eigenvalue weighted by atomic mass is 16.3. The molecule has 1 saturated heterocycles. The summed E-state index contributed by atoms with van der Waals surface area (Å²) in [6, 6.07) is 1.41. The van der Waals surface area contributed by atoms with Crippen LogP contribution >= 0.6 is 0 Å². The van der Waals surface area contributed by atoms with Gasteiger partial charge in [-0.05, 0) is 32.6 Å². The zero-order valence-electron chi connectivity index (χ0n) is 10.2. The molecular formula is C13H25NO. The third kappa shape index (κ3) is 2.73. The van der Waals surface area contributed by atoms with Crippen LogP contribution in [0.1, 0.15) is 58.8 Å². The van der Waals surface area contributed by atoms with Crippen molar-refractivity contribution in [2.45, 2.75) is 76.5 Å². The highest BCUT2D eigenvalue weighted by Gasteiger charge is 2.45. The average Bonchev–Trinajstić information content (AvgIpc) is 2.94. The predicted molar refractivity (Wildman–Crippen MR) is 62.9 cm³/mol. The summed E-state index contributed by atoms with van der Waals surface area (Å²) in [5.74, 6) is 0. The molecule has 1 heterocycles. The molecule has 0 aromatic carbocycles. The number of rotatable bonds is 5. The van der Waals surface area contributed by atoms with Gasteiger partial charge in [0.15, 0.2) is 0 Å². The fraction of sp³-hybridized carbons (Fsp3) is 1.00. The smallest absolute Gasteiger partial charge is 0.0789 e. The van der Waals surface area contributed by atoms with Gasteiger partial charge in [-0.25, -0.2) is 0 Å². The third-order valence-electron chi connectivity index (χ3n) is 3.98. The third-order valence-corrected chi connectivity index (χ3v) is 3.98. The van der Waals surface area contributed by atoms with Gasteiger partial charge in [0.25, 0.3) is 0 Å². The van der Waals surface area contributed by atoms with E-state index in [0.29, 0.717) is 6.04 Å². The zero-order chi connectivity index (χ0) is 10.9. The molecule has 1 aliphatic carbocycles. The SMILES string of the molecule is CCCCCC1(O)CC(C)N(C2CC2)C1. The van der Waals surface area contributed by atoms with Crippen LogP contribution in [-0.2, 0) is 0 Å². The molecule has 2 unspecified atom stereocenters. The molecule has 15 heavy (non-hydrogen) atoms. The summed E-state index contributed by atoms with van der Waals surface area (Å²) in [7, 11) is 0. The fourth-order valence-electron chi connectivity index (χ4n) is 3.01. The Kier molecular flexibility index (Phi) is 3.36. The van der Waals surface area contributed by atoms with Gasteiger partial charge in [0.2, 0.25) is 0 Å². The molecule has 0 bridgehead atoms. The van der Waals surface area contributed by atoms with Crippen molar-refractivity contribution in [1.29, 1.82) is 0 Å². The number of nitrogens with zero attached hydrogens (tertiary/aromatic N) is 1.